The molecule has 0 spiro atoms. The molecule has 0 unspecified atom stereocenters. The van der Waals surface area contributed by atoms with Crippen LogP contribution in [0.3, 0.4) is 0 Å². The average molecular weight is 531 g/mol. The van der Waals surface area contributed by atoms with E-state index in [1.165, 1.54) is 12.5 Å². The molecule has 4 aromatic rings. The zero-order valence-electron chi connectivity index (χ0n) is 14.5. The van der Waals surface area contributed by atoms with Gasteiger partial charge in [-0.05, 0) is 0 Å². The van der Waals surface area contributed by atoms with Crippen LogP contribution in [0, 0.1) is 0 Å². The summed E-state index contributed by atoms with van der Waals surface area (Å²) in [4.78, 5) is 0. The summed E-state index contributed by atoms with van der Waals surface area (Å²) in [5, 5.41) is 0. The van der Waals surface area contributed by atoms with Gasteiger partial charge in [0.15, 0.2) is 0 Å². The number of nitrogens with two attached hydrogens (primary N) is 1. The Hall–Kier alpha value is -2.40. The van der Waals surface area contributed by atoms with E-state index in [0.29, 0.717) is 0 Å². The van der Waals surface area contributed by atoms with Crippen molar-refractivity contribution in [1.29, 1.82) is 0 Å². The van der Waals surface area contributed by atoms with Crippen LogP contribution in [-0.4, -0.2) is 21.2 Å². The minimum absolute atomic E-state index is 0.810. The molecule has 0 aliphatic heterocycles. The predicted octanol–water partition coefficient (Wildman–Crippen LogP) is 2.65. The summed E-state index contributed by atoms with van der Waals surface area (Å²) in [6.45, 7) is 0. The van der Waals surface area contributed by atoms with E-state index in [0.717, 1.165) is 5.69 Å². The van der Waals surface area contributed by atoms with Crippen LogP contribution >= 0.6 is 0 Å². The third-order valence-corrected chi connectivity index (χ3v) is 23.6. The number of nitrogen functional groups attached to an aromatic ring is 1. The molecule has 0 saturated heterocycles. The van der Waals surface area contributed by atoms with Crippen LogP contribution in [0.25, 0.3) is 0 Å². The van der Waals surface area contributed by atoms with Crippen molar-refractivity contribution in [3.8, 4) is 0 Å². The van der Waals surface area contributed by atoms with Crippen molar-refractivity contribution in [3.63, 3.8) is 0 Å². The Morgan fingerprint density at radius 3 is 1.04 bits per heavy atom. The number of benzene rings is 4. The maximum absolute atomic E-state index is 6.01. The molecule has 0 fully saturated rings. The fourth-order valence-electron chi connectivity index (χ4n) is 3.80. The first-order valence-corrected chi connectivity index (χ1v) is 16.6. The van der Waals surface area contributed by atoms with E-state index in [4.69, 9.17) is 5.73 Å². The van der Waals surface area contributed by atoms with Gasteiger partial charge in [0.05, 0.1) is 0 Å². The molecule has 0 aliphatic carbocycles. The third kappa shape index (κ3) is 2.97. The molecule has 2 N–H and O–H groups in total. The van der Waals surface area contributed by atoms with E-state index in [9.17, 15) is 0 Å². The molecule has 0 radical (unpaired) electrons. The summed E-state index contributed by atoms with van der Waals surface area (Å²) in [6, 6.07) is 41.6. The standard InChI is InChI=1S/C6H6N.3C6H5.Pb/c7-6-4-2-1-3-5-6;3*1-2-4-6-5-3-1;/h2-5H,7H2;3*1-5H;. The van der Waals surface area contributed by atoms with Crippen molar-refractivity contribution in [2.75, 3.05) is 5.73 Å². The first-order valence-electron chi connectivity index (χ1n) is 8.84. The van der Waals surface area contributed by atoms with Gasteiger partial charge < -0.3 is 0 Å². The van der Waals surface area contributed by atoms with Gasteiger partial charge in [0, 0.05) is 0 Å². The van der Waals surface area contributed by atoms with Gasteiger partial charge in [-0.15, -0.1) is 0 Å². The molecule has 4 rings (SSSR count). The molecular weight excluding hydrogens is 509 g/mol. The number of rotatable bonds is 4. The zero-order valence-corrected chi connectivity index (χ0v) is 18.4. The van der Waals surface area contributed by atoms with Crippen LogP contribution < -0.4 is 18.2 Å². The van der Waals surface area contributed by atoms with Crippen LogP contribution in [0.4, 0.5) is 5.69 Å². The maximum atomic E-state index is 6.01. The van der Waals surface area contributed by atoms with E-state index in [1.807, 2.05) is 12.1 Å². The van der Waals surface area contributed by atoms with Crippen molar-refractivity contribution >= 4 is 39.4 Å². The van der Waals surface area contributed by atoms with Crippen LogP contribution in [0.2, 0.25) is 0 Å². The summed E-state index contributed by atoms with van der Waals surface area (Å²) >= 11 is -3.57. The fourth-order valence-corrected chi connectivity index (χ4v) is 22.2. The van der Waals surface area contributed by atoms with E-state index in [2.05, 4.69) is 103 Å². The van der Waals surface area contributed by atoms with Gasteiger partial charge in [-0.25, -0.2) is 0 Å². The summed E-state index contributed by atoms with van der Waals surface area (Å²) in [5.41, 5.74) is 6.82. The monoisotopic (exact) mass is 531 g/mol. The average Bonchev–Trinajstić information content (AvgIpc) is 2.72. The van der Waals surface area contributed by atoms with Gasteiger partial charge in [-0.1, -0.05) is 0 Å². The molecular formula is C24H21NPb. The van der Waals surface area contributed by atoms with Gasteiger partial charge in [0.1, 0.15) is 0 Å². The van der Waals surface area contributed by atoms with Crippen LogP contribution in [0.1, 0.15) is 0 Å². The molecule has 0 saturated carbocycles. The summed E-state index contributed by atoms with van der Waals surface area (Å²) in [6.07, 6.45) is 0. The van der Waals surface area contributed by atoms with E-state index in [-0.39, 0.29) is 0 Å². The zero-order chi connectivity index (χ0) is 17.8. The first-order chi connectivity index (χ1) is 12.8. The Kier molecular flexibility index (Phi) is 4.89. The normalized spacial score (nSPS) is 11.2. The Labute approximate surface area is 159 Å². The first kappa shape index (κ1) is 17.0. The van der Waals surface area contributed by atoms with Gasteiger partial charge in [-0.2, -0.15) is 0 Å². The molecule has 26 heavy (non-hydrogen) atoms. The van der Waals surface area contributed by atoms with Crippen molar-refractivity contribution in [3.05, 3.63) is 115 Å². The summed E-state index contributed by atoms with van der Waals surface area (Å²) in [7, 11) is 0. The van der Waals surface area contributed by atoms with Crippen molar-refractivity contribution in [1.82, 2.24) is 0 Å². The molecule has 2 heteroatoms. The minimum atomic E-state index is -3.57. The van der Waals surface area contributed by atoms with Gasteiger partial charge in [0.25, 0.3) is 0 Å². The molecule has 4 aromatic carbocycles. The van der Waals surface area contributed by atoms with E-state index < -0.39 is 21.2 Å². The molecule has 0 bridgehead atoms. The number of hydrogen-bond acceptors (Lipinski definition) is 1. The SMILES string of the molecule is Nc1cc[c]([Pb]([c]2ccccc2)([c]2ccccc2)[c]2ccccc2)cc1. The molecule has 0 aliphatic rings. The Balaban J connectivity index is 2.12. The second kappa shape index (κ2) is 7.46. The molecule has 0 amide bonds. The quantitative estimate of drug-likeness (QED) is 0.319. The fraction of sp³-hybridized carbons (Fsp3) is 0. The van der Waals surface area contributed by atoms with Crippen LogP contribution in [0.15, 0.2) is 115 Å². The van der Waals surface area contributed by atoms with Crippen LogP contribution in [0.5, 0.6) is 0 Å². The van der Waals surface area contributed by atoms with E-state index in [1.54, 1.807) is 0 Å². The number of anilines is 1. The molecule has 0 heterocycles. The predicted molar refractivity (Wildman–Crippen MR) is 114 cm³/mol. The van der Waals surface area contributed by atoms with Crippen molar-refractivity contribution in [2.24, 2.45) is 0 Å². The Bertz CT molecular complexity index is 868. The van der Waals surface area contributed by atoms with Gasteiger partial charge >= 0.3 is 160 Å². The van der Waals surface area contributed by atoms with Gasteiger partial charge in [-0.3, -0.25) is 0 Å². The Morgan fingerprint density at radius 2 is 0.692 bits per heavy atom. The molecule has 126 valence electrons. The van der Waals surface area contributed by atoms with Crippen LogP contribution in [-0.2, 0) is 0 Å². The summed E-state index contributed by atoms with van der Waals surface area (Å²) < 4.78 is 5.81. The van der Waals surface area contributed by atoms with Gasteiger partial charge in [0.2, 0.25) is 0 Å². The molecule has 0 atom stereocenters. The molecule has 0 aromatic heterocycles. The second-order valence-electron chi connectivity index (χ2n) is 6.47. The van der Waals surface area contributed by atoms with Crippen molar-refractivity contribution < 1.29 is 0 Å². The van der Waals surface area contributed by atoms with E-state index >= 15 is 0 Å². The number of hydrogen-bond donors (Lipinski definition) is 1. The topological polar surface area (TPSA) is 26.0 Å². The second-order valence-corrected chi connectivity index (χ2v) is 21.3. The summed E-state index contributed by atoms with van der Waals surface area (Å²) in [5.74, 6) is 0. The molecule has 1 nitrogen and oxygen atoms in total. The van der Waals surface area contributed by atoms with Crippen molar-refractivity contribution in [2.45, 2.75) is 0 Å². The Morgan fingerprint density at radius 1 is 0.385 bits per heavy atom. The third-order valence-electron chi connectivity index (χ3n) is 4.96.